The zero-order valence-electron chi connectivity index (χ0n) is 12.9. The molecule has 120 valence electrons. The monoisotopic (exact) mass is 308 g/mol. The summed E-state index contributed by atoms with van der Waals surface area (Å²) in [4.78, 5) is 27.3. The van der Waals surface area contributed by atoms with Crippen molar-refractivity contribution in [3.05, 3.63) is 35.6 Å². The van der Waals surface area contributed by atoms with Gasteiger partial charge in [-0.05, 0) is 19.9 Å². The molecule has 0 atom stereocenters. The van der Waals surface area contributed by atoms with Crippen LogP contribution in [0.5, 0.6) is 0 Å². The summed E-state index contributed by atoms with van der Waals surface area (Å²) in [6.45, 7) is 4.45. The molecule has 1 saturated heterocycles. The zero-order valence-corrected chi connectivity index (χ0v) is 12.9. The molecule has 0 bridgehead atoms. The van der Waals surface area contributed by atoms with Crippen LogP contribution >= 0.6 is 0 Å². The lowest BCUT2D eigenvalue weighted by molar-refractivity contribution is -0.143. The Morgan fingerprint density at radius 1 is 1.14 bits per heavy atom. The summed E-state index contributed by atoms with van der Waals surface area (Å²) >= 11 is 0. The summed E-state index contributed by atoms with van der Waals surface area (Å²) in [5.41, 5.74) is -0.594. The first-order chi connectivity index (χ1) is 10.4. The fraction of sp³-hybridized carbons (Fsp3) is 0.500. The van der Waals surface area contributed by atoms with E-state index in [0.717, 1.165) is 0 Å². The number of hydrogen-bond acceptors (Lipinski definition) is 3. The first kappa shape index (κ1) is 16.4. The van der Waals surface area contributed by atoms with Crippen LogP contribution in [0.15, 0.2) is 24.3 Å². The largest absolute Gasteiger partial charge is 0.387 e. The van der Waals surface area contributed by atoms with Crippen molar-refractivity contribution in [1.29, 1.82) is 0 Å². The van der Waals surface area contributed by atoms with Gasteiger partial charge in [-0.3, -0.25) is 9.59 Å². The Hall–Kier alpha value is -1.95. The van der Waals surface area contributed by atoms with E-state index in [4.69, 9.17) is 5.11 Å². The van der Waals surface area contributed by atoms with Gasteiger partial charge < -0.3 is 14.9 Å². The lowest BCUT2D eigenvalue weighted by atomic mass is 9.82. The molecule has 0 unspecified atom stereocenters. The molecule has 1 aromatic rings. The number of halogens is 1. The Balaban J connectivity index is 2.09. The lowest BCUT2D eigenvalue weighted by Crippen LogP contribution is -2.54. The van der Waals surface area contributed by atoms with Gasteiger partial charge in [0.1, 0.15) is 12.4 Å². The van der Waals surface area contributed by atoms with Gasteiger partial charge in [0, 0.05) is 31.7 Å². The number of rotatable bonds is 3. The van der Waals surface area contributed by atoms with Crippen LogP contribution in [0.4, 0.5) is 4.39 Å². The number of benzene rings is 1. The third-order valence-electron chi connectivity index (χ3n) is 4.14. The second kappa shape index (κ2) is 6.44. The molecule has 1 N–H and O–H groups in total. The molecule has 0 spiro atoms. The van der Waals surface area contributed by atoms with E-state index in [0.29, 0.717) is 31.7 Å². The summed E-state index contributed by atoms with van der Waals surface area (Å²) in [5, 5.41) is 8.86. The van der Waals surface area contributed by atoms with Gasteiger partial charge in [-0.15, -0.1) is 0 Å². The number of nitrogens with zero attached hydrogens (tertiary/aromatic N) is 2. The van der Waals surface area contributed by atoms with E-state index < -0.39 is 17.8 Å². The standard InChI is InChI=1S/C16H21FN2O3/c1-16(2,12-5-3-4-6-13(12)17)15(22)19-9-7-18(8-10-19)14(21)11-20/h3-6,20H,7-11H2,1-2H3. The summed E-state index contributed by atoms with van der Waals surface area (Å²) in [7, 11) is 0. The first-order valence-corrected chi connectivity index (χ1v) is 7.31. The summed E-state index contributed by atoms with van der Waals surface area (Å²) in [6, 6.07) is 6.28. The third kappa shape index (κ3) is 3.11. The molecule has 5 nitrogen and oxygen atoms in total. The molecule has 0 aromatic heterocycles. The van der Waals surface area contributed by atoms with Crippen molar-refractivity contribution in [2.24, 2.45) is 0 Å². The van der Waals surface area contributed by atoms with Crippen LogP contribution < -0.4 is 0 Å². The molecule has 6 heteroatoms. The van der Waals surface area contributed by atoms with Crippen molar-refractivity contribution in [2.45, 2.75) is 19.3 Å². The number of aliphatic hydroxyl groups excluding tert-OH is 1. The van der Waals surface area contributed by atoms with Crippen LogP contribution in [-0.2, 0) is 15.0 Å². The molecular weight excluding hydrogens is 287 g/mol. The van der Waals surface area contributed by atoms with Gasteiger partial charge in [-0.2, -0.15) is 0 Å². The smallest absolute Gasteiger partial charge is 0.248 e. The van der Waals surface area contributed by atoms with Crippen LogP contribution in [0.3, 0.4) is 0 Å². The van der Waals surface area contributed by atoms with Gasteiger partial charge in [-0.1, -0.05) is 18.2 Å². The van der Waals surface area contributed by atoms with E-state index in [2.05, 4.69) is 0 Å². The summed E-state index contributed by atoms with van der Waals surface area (Å²) in [6.07, 6.45) is 0. The van der Waals surface area contributed by atoms with Crippen molar-refractivity contribution in [2.75, 3.05) is 32.8 Å². The van der Waals surface area contributed by atoms with Crippen molar-refractivity contribution in [1.82, 2.24) is 9.80 Å². The minimum atomic E-state index is -0.964. The molecule has 0 radical (unpaired) electrons. The topological polar surface area (TPSA) is 60.9 Å². The van der Waals surface area contributed by atoms with Crippen molar-refractivity contribution >= 4 is 11.8 Å². The average Bonchev–Trinajstić information content (AvgIpc) is 2.53. The Morgan fingerprint density at radius 2 is 1.68 bits per heavy atom. The van der Waals surface area contributed by atoms with Gasteiger partial charge in [-0.25, -0.2) is 4.39 Å². The Labute approximate surface area is 129 Å². The molecule has 1 fully saturated rings. The molecule has 0 saturated carbocycles. The molecule has 1 heterocycles. The molecule has 22 heavy (non-hydrogen) atoms. The van der Waals surface area contributed by atoms with Crippen LogP contribution in [0.25, 0.3) is 0 Å². The average molecular weight is 308 g/mol. The Morgan fingerprint density at radius 3 is 2.23 bits per heavy atom. The normalized spacial score (nSPS) is 15.8. The Bertz CT molecular complexity index is 566. The summed E-state index contributed by atoms with van der Waals surface area (Å²) < 4.78 is 14.0. The predicted molar refractivity (Wildman–Crippen MR) is 79.7 cm³/mol. The van der Waals surface area contributed by atoms with Gasteiger partial charge in [0.25, 0.3) is 0 Å². The quantitative estimate of drug-likeness (QED) is 0.897. The maximum Gasteiger partial charge on any atom is 0.248 e. The van der Waals surface area contributed by atoms with Crippen molar-refractivity contribution in [3.8, 4) is 0 Å². The van der Waals surface area contributed by atoms with Gasteiger partial charge >= 0.3 is 0 Å². The highest BCUT2D eigenvalue weighted by molar-refractivity contribution is 5.87. The van der Waals surface area contributed by atoms with Crippen LogP contribution in [-0.4, -0.2) is 59.5 Å². The SMILES string of the molecule is CC(C)(C(=O)N1CCN(C(=O)CO)CC1)c1ccccc1F. The zero-order chi connectivity index (χ0) is 16.3. The number of aliphatic hydroxyl groups is 1. The third-order valence-corrected chi connectivity index (χ3v) is 4.14. The van der Waals surface area contributed by atoms with E-state index in [9.17, 15) is 14.0 Å². The van der Waals surface area contributed by atoms with E-state index in [1.165, 1.54) is 11.0 Å². The predicted octanol–water partition coefficient (Wildman–Crippen LogP) is 0.766. The fourth-order valence-electron chi connectivity index (χ4n) is 2.74. The Kier molecular flexibility index (Phi) is 4.81. The first-order valence-electron chi connectivity index (χ1n) is 7.31. The number of amides is 2. The molecule has 2 rings (SSSR count). The highest BCUT2D eigenvalue weighted by Gasteiger charge is 2.37. The minimum absolute atomic E-state index is 0.159. The van der Waals surface area contributed by atoms with Crippen LogP contribution in [0.2, 0.25) is 0 Å². The highest BCUT2D eigenvalue weighted by Crippen LogP contribution is 2.28. The fourth-order valence-corrected chi connectivity index (χ4v) is 2.74. The van der Waals surface area contributed by atoms with Crippen LogP contribution in [0, 0.1) is 5.82 Å². The van der Waals surface area contributed by atoms with E-state index in [-0.39, 0.29) is 11.8 Å². The van der Waals surface area contributed by atoms with Crippen molar-refractivity contribution < 1.29 is 19.1 Å². The number of carbonyl (C=O) groups excluding carboxylic acids is 2. The van der Waals surface area contributed by atoms with Crippen molar-refractivity contribution in [3.63, 3.8) is 0 Å². The molecular formula is C16H21FN2O3. The number of piperazine rings is 1. The molecule has 1 aliphatic heterocycles. The van der Waals surface area contributed by atoms with E-state index >= 15 is 0 Å². The van der Waals surface area contributed by atoms with Crippen LogP contribution in [0.1, 0.15) is 19.4 Å². The minimum Gasteiger partial charge on any atom is -0.387 e. The molecule has 1 aliphatic rings. The van der Waals surface area contributed by atoms with Gasteiger partial charge in [0.05, 0.1) is 5.41 Å². The highest BCUT2D eigenvalue weighted by atomic mass is 19.1. The van der Waals surface area contributed by atoms with E-state index in [1.54, 1.807) is 36.9 Å². The maximum absolute atomic E-state index is 14.0. The van der Waals surface area contributed by atoms with Gasteiger partial charge in [0.15, 0.2) is 0 Å². The molecule has 1 aromatic carbocycles. The molecule has 0 aliphatic carbocycles. The lowest BCUT2D eigenvalue weighted by Gasteiger charge is -2.38. The number of hydrogen-bond donors (Lipinski definition) is 1. The second-order valence-corrected chi connectivity index (χ2v) is 5.94. The second-order valence-electron chi connectivity index (χ2n) is 5.94. The number of carbonyl (C=O) groups is 2. The van der Waals surface area contributed by atoms with E-state index in [1.807, 2.05) is 0 Å². The molecule has 2 amide bonds. The maximum atomic E-state index is 14.0. The van der Waals surface area contributed by atoms with Gasteiger partial charge in [0.2, 0.25) is 11.8 Å². The summed E-state index contributed by atoms with van der Waals surface area (Å²) in [5.74, 6) is -0.885.